The van der Waals surface area contributed by atoms with Crippen LogP contribution in [0.15, 0.2) is 16.3 Å². The fourth-order valence-corrected chi connectivity index (χ4v) is 5.01. The number of halogens is 1. The van der Waals surface area contributed by atoms with Gasteiger partial charge in [-0.1, -0.05) is 11.6 Å². The Hall–Kier alpha value is -0.670. The van der Waals surface area contributed by atoms with E-state index >= 15 is 0 Å². The molecule has 0 aliphatic carbocycles. The number of ether oxygens (including phenoxy) is 1. The molecular weight excluding hydrogens is 326 g/mol. The van der Waals surface area contributed by atoms with Gasteiger partial charge in [-0.2, -0.15) is 4.31 Å². The van der Waals surface area contributed by atoms with Crippen LogP contribution in [0.25, 0.3) is 0 Å². The maximum Gasteiger partial charge on any atom is 0.329 e. The zero-order chi connectivity index (χ0) is 14.8. The van der Waals surface area contributed by atoms with E-state index in [2.05, 4.69) is 0 Å². The number of rotatable bonds is 5. The summed E-state index contributed by atoms with van der Waals surface area (Å²) in [5.74, 6) is -1.02. The van der Waals surface area contributed by atoms with Crippen molar-refractivity contribution in [2.75, 3.05) is 19.7 Å². The van der Waals surface area contributed by atoms with Gasteiger partial charge in [0.1, 0.15) is 15.8 Å². The SMILES string of the molecule is O=C(O)COC1CCN(S(=O)(=O)c2ccsc2Cl)CC1. The van der Waals surface area contributed by atoms with Crippen molar-refractivity contribution in [3.63, 3.8) is 0 Å². The van der Waals surface area contributed by atoms with Gasteiger partial charge in [-0.15, -0.1) is 11.3 Å². The minimum atomic E-state index is -3.56. The normalized spacial score (nSPS) is 18.2. The van der Waals surface area contributed by atoms with E-state index in [1.807, 2.05) is 0 Å². The third-order valence-corrected chi connectivity index (χ3v) is 6.40. The lowest BCUT2D eigenvalue weighted by Gasteiger charge is -2.30. The van der Waals surface area contributed by atoms with E-state index in [4.69, 9.17) is 21.4 Å². The number of carboxylic acids is 1. The van der Waals surface area contributed by atoms with Crippen molar-refractivity contribution >= 4 is 38.9 Å². The van der Waals surface area contributed by atoms with E-state index in [9.17, 15) is 13.2 Å². The second kappa shape index (κ2) is 6.40. The van der Waals surface area contributed by atoms with E-state index in [1.165, 1.54) is 21.7 Å². The van der Waals surface area contributed by atoms with Gasteiger partial charge in [0.25, 0.3) is 0 Å². The zero-order valence-electron chi connectivity index (χ0n) is 10.5. The molecule has 1 aliphatic heterocycles. The molecule has 0 unspecified atom stereocenters. The van der Waals surface area contributed by atoms with Gasteiger partial charge < -0.3 is 9.84 Å². The summed E-state index contributed by atoms with van der Waals surface area (Å²) in [7, 11) is -3.56. The number of carbonyl (C=O) groups is 1. The van der Waals surface area contributed by atoms with E-state index in [-0.39, 0.29) is 21.9 Å². The van der Waals surface area contributed by atoms with Crippen LogP contribution in [0.4, 0.5) is 0 Å². The lowest BCUT2D eigenvalue weighted by molar-refractivity contribution is -0.145. The molecule has 0 spiro atoms. The molecule has 0 atom stereocenters. The highest BCUT2D eigenvalue weighted by Crippen LogP contribution is 2.31. The van der Waals surface area contributed by atoms with Crippen LogP contribution in [-0.4, -0.2) is 49.6 Å². The van der Waals surface area contributed by atoms with Gasteiger partial charge in [0.05, 0.1) is 6.10 Å². The first kappa shape index (κ1) is 15.7. The number of carboxylic acid groups (broad SMARTS) is 1. The van der Waals surface area contributed by atoms with Crippen LogP contribution in [0.1, 0.15) is 12.8 Å². The molecule has 1 aliphatic rings. The number of piperidine rings is 1. The van der Waals surface area contributed by atoms with Crippen LogP contribution in [-0.2, 0) is 19.6 Å². The quantitative estimate of drug-likeness (QED) is 0.882. The molecule has 0 saturated carbocycles. The summed E-state index contributed by atoms with van der Waals surface area (Å²) in [6.45, 7) is 0.255. The molecular formula is C11H14ClNO5S2. The van der Waals surface area contributed by atoms with Crippen molar-refractivity contribution < 1.29 is 23.1 Å². The number of thiophene rings is 1. The van der Waals surface area contributed by atoms with Crippen LogP contribution in [0, 0.1) is 0 Å². The topological polar surface area (TPSA) is 83.9 Å². The Labute approximate surface area is 126 Å². The molecule has 1 fully saturated rings. The Balaban J connectivity index is 1.97. The molecule has 9 heteroatoms. The van der Waals surface area contributed by atoms with Gasteiger partial charge in [-0.3, -0.25) is 0 Å². The molecule has 0 aromatic carbocycles. The predicted octanol–water partition coefficient (Wildman–Crippen LogP) is 1.66. The number of aliphatic carboxylic acids is 1. The van der Waals surface area contributed by atoms with Crippen molar-refractivity contribution in [3.05, 3.63) is 15.8 Å². The van der Waals surface area contributed by atoms with Crippen LogP contribution in [0.5, 0.6) is 0 Å². The zero-order valence-corrected chi connectivity index (χ0v) is 12.9. The summed E-state index contributed by atoms with van der Waals surface area (Å²) < 4.78 is 31.5. The molecule has 6 nitrogen and oxygen atoms in total. The first-order chi connectivity index (χ1) is 9.41. The second-order valence-electron chi connectivity index (χ2n) is 4.37. The maximum atomic E-state index is 12.4. The highest BCUT2D eigenvalue weighted by atomic mass is 35.5. The standard InChI is InChI=1S/C11H14ClNO5S2/c12-11-9(3-6-19-11)20(16,17)13-4-1-8(2-5-13)18-7-10(14)15/h3,6,8H,1-2,4-5,7H2,(H,14,15). The highest BCUT2D eigenvalue weighted by Gasteiger charge is 2.31. The van der Waals surface area contributed by atoms with Crippen LogP contribution in [0.2, 0.25) is 4.34 Å². The molecule has 1 aromatic heterocycles. The summed E-state index contributed by atoms with van der Waals surface area (Å²) in [5, 5.41) is 10.2. The van der Waals surface area contributed by atoms with Crippen molar-refractivity contribution in [2.24, 2.45) is 0 Å². The Morgan fingerprint density at radius 2 is 2.15 bits per heavy atom. The molecule has 1 aromatic rings. The summed E-state index contributed by atoms with van der Waals surface area (Å²) in [4.78, 5) is 10.5. The Bertz CT molecular complexity index is 577. The molecule has 1 saturated heterocycles. The molecule has 2 rings (SSSR count). The van der Waals surface area contributed by atoms with Crippen LogP contribution >= 0.6 is 22.9 Å². The fourth-order valence-electron chi connectivity index (χ4n) is 2.03. The van der Waals surface area contributed by atoms with Gasteiger partial charge >= 0.3 is 5.97 Å². The molecule has 20 heavy (non-hydrogen) atoms. The minimum absolute atomic E-state index is 0.133. The molecule has 1 N–H and O–H groups in total. The van der Waals surface area contributed by atoms with Crippen molar-refractivity contribution in [2.45, 2.75) is 23.8 Å². The van der Waals surface area contributed by atoms with Gasteiger partial charge in [0.2, 0.25) is 10.0 Å². The Kier molecular flexibility index (Phi) is 5.03. The Morgan fingerprint density at radius 1 is 1.50 bits per heavy atom. The maximum absolute atomic E-state index is 12.4. The van der Waals surface area contributed by atoms with Crippen molar-refractivity contribution in [1.82, 2.24) is 4.31 Å². The number of hydrogen-bond acceptors (Lipinski definition) is 5. The Morgan fingerprint density at radius 3 is 2.65 bits per heavy atom. The van der Waals surface area contributed by atoms with E-state index in [0.29, 0.717) is 25.9 Å². The third kappa shape index (κ3) is 3.50. The van der Waals surface area contributed by atoms with Gasteiger partial charge in [0.15, 0.2) is 0 Å². The van der Waals surface area contributed by atoms with E-state index in [1.54, 1.807) is 5.38 Å². The summed E-state index contributed by atoms with van der Waals surface area (Å²) >= 11 is 7.06. The second-order valence-corrected chi connectivity index (χ2v) is 7.79. The highest BCUT2D eigenvalue weighted by molar-refractivity contribution is 7.89. The minimum Gasteiger partial charge on any atom is -0.480 e. The molecule has 112 valence electrons. The average Bonchev–Trinajstić information content (AvgIpc) is 2.84. The van der Waals surface area contributed by atoms with Crippen molar-refractivity contribution in [3.8, 4) is 0 Å². The van der Waals surface area contributed by atoms with Gasteiger partial charge in [0, 0.05) is 13.1 Å². The first-order valence-corrected chi connectivity index (χ1v) is 8.67. The lowest BCUT2D eigenvalue weighted by Crippen LogP contribution is -2.41. The molecule has 0 amide bonds. The average molecular weight is 340 g/mol. The van der Waals surface area contributed by atoms with E-state index < -0.39 is 16.0 Å². The van der Waals surface area contributed by atoms with Crippen molar-refractivity contribution in [1.29, 1.82) is 0 Å². The summed E-state index contributed by atoms with van der Waals surface area (Å²) in [6, 6.07) is 1.50. The number of sulfonamides is 1. The lowest BCUT2D eigenvalue weighted by atomic mass is 10.1. The summed E-state index contributed by atoms with van der Waals surface area (Å²) in [6.07, 6.45) is 0.748. The first-order valence-electron chi connectivity index (χ1n) is 5.98. The smallest absolute Gasteiger partial charge is 0.329 e. The number of nitrogens with zero attached hydrogens (tertiary/aromatic N) is 1. The number of hydrogen-bond donors (Lipinski definition) is 1. The third-order valence-electron chi connectivity index (χ3n) is 3.05. The van der Waals surface area contributed by atoms with Gasteiger partial charge in [-0.25, -0.2) is 13.2 Å². The predicted molar refractivity (Wildman–Crippen MR) is 74.7 cm³/mol. The monoisotopic (exact) mass is 339 g/mol. The summed E-state index contributed by atoms with van der Waals surface area (Å²) in [5.41, 5.74) is 0. The largest absolute Gasteiger partial charge is 0.480 e. The van der Waals surface area contributed by atoms with Crippen LogP contribution in [0.3, 0.4) is 0 Å². The fraction of sp³-hybridized carbons (Fsp3) is 0.545. The van der Waals surface area contributed by atoms with Gasteiger partial charge in [-0.05, 0) is 24.3 Å². The molecule has 0 radical (unpaired) electrons. The molecule has 0 bridgehead atoms. The molecule has 2 heterocycles. The van der Waals surface area contributed by atoms with E-state index in [0.717, 1.165) is 0 Å². The van der Waals surface area contributed by atoms with Crippen LogP contribution < -0.4 is 0 Å².